The second-order valence-electron chi connectivity index (χ2n) is 17.0. The molecule has 1 fully saturated rings. The van der Waals surface area contributed by atoms with Crippen LogP contribution in [0.4, 0.5) is 0 Å². The number of hydrogen-bond acceptors (Lipinski definition) is 3. The maximum absolute atomic E-state index is 14.6. The Balaban J connectivity index is 1.79. The third kappa shape index (κ3) is 5.23. The van der Waals surface area contributed by atoms with Gasteiger partial charge in [-0.1, -0.05) is 106 Å². The maximum Gasteiger partial charge on any atom is 0.202 e. The van der Waals surface area contributed by atoms with Crippen molar-refractivity contribution in [3.63, 3.8) is 0 Å². The molecule has 5 rings (SSSR count). The number of aromatic nitrogens is 1. The molecule has 1 aromatic carbocycles. The largest absolute Gasteiger partial charge is 0.618 e. The first-order valence-corrected chi connectivity index (χ1v) is 19.0. The summed E-state index contributed by atoms with van der Waals surface area (Å²) >= 11 is 0. The number of ether oxygens (including phenoxy) is 1. The highest BCUT2D eigenvalue weighted by Gasteiger charge is 2.56. The molecule has 2 aliphatic carbocycles. The number of pyridine rings is 1. The van der Waals surface area contributed by atoms with Crippen molar-refractivity contribution in [3.8, 4) is 0 Å². The highest BCUT2D eigenvalue weighted by molar-refractivity contribution is 6.74. The average molecular weight is 578 g/mol. The predicted octanol–water partition coefficient (Wildman–Crippen LogP) is 9.67. The summed E-state index contributed by atoms with van der Waals surface area (Å²) in [6.07, 6.45) is 5.73. The van der Waals surface area contributed by atoms with Gasteiger partial charge >= 0.3 is 0 Å². The second kappa shape index (κ2) is 9.92. The zero-order valence-corrected chi connectivity index (χ0v) is 29.0. The van der Waals surface area contributed by atoms with Crippen molar-refractivity contribution in [2.45, 2.75) is 155 Å². The molecule has 1 aliphatic heterocycles. The minimum Gasteiger partial charge on any atom is -0.618 e. The topological polar surface area (TPSA) is 45.4 Å². The smallest absolute Gasteiger partial charge is 0.202 e. The Bertz CT molecular complexity index is 1300. The third-order valence-corrected chi connectivity index (χ3v) is 15.1. The van der Waals surface area contributed by atoms with Crippen LogP contribution in [0, 0.1) is 10.6 Å². The van der Waals surface area contributed by atoms with Crippen LogP contribution in [-0.4, -0.2) is 8.32 Å². The standard InChI is InChI=1S/C36H55NO3Si/c1-23(2)31-29-30(28-26(37(31)38)21-35(9,10)22-27(28)40-41(11,12)34(6,7)8)36(19-13-14-20-36)39-32(29)24-15-17-25(18-16-24)33(3,4)5/h15-18,23,27,32H,13-14,19-22H2,1-12H3/t27?,32-/m1/s1. The number of rotatable bonds is 4. The maximum atomic E-state index is 14.6. The molecule has 4 nitrogen and oxygen atoms in total. The summed E-state index contributed by atoms with van der Waals surface area (Å²) in [7, 11) is -2.12. The lowest BCUT2D eigenvalue weighted by Gasteiger charge is -2.45. The van der Waals surface area contributed by atoms with E-state index in [1.54, 1.807) is 0 Å². The lowest BCUT2D eigenvalue weighted by Crippen LogP contribution is -2.49. The van der Waals surface area contributed by atoms with Gasteiger partial charge < -0.3 is 14.4 Å². The Hall–Kier alpha value is -1.69. The van der Waals surface area contributed by atoms with Gasteiger partial charge in [-0.3, -0.25) is 0 Å². The van der Waals surface area contributed by atoms with Crippen LogP contribution in [0.5, 0.6) is 0 Å². The fraction of sp³-hybridized carbons (Fsp3) is 0.694. The van der Waals surface area contributed by atoms with Crippen LogP contribution in [0.1, 0.15) is 159 Å². The highest BCUT2D eigenvalue weighted by Crippen LogP contribution is 2.60. The number of benzene rings is 1. The van der Waals surface area contributed by atoms with Gasteiger partial charge in [-0.25, -0.2) is 0 Å². The Labute approximate surface area is 251 Å². The molecule has 1 saturated carbocycles. The number of nitrogens with zero attached hydrogens (tertiary/aromatic N) is 1. The van der Waals surface area contributed by atoms with Gasteiger partial charge in [0.2, 0.25) is 5.69 Å². The lowest BCUT2D eigenvalue weighted by atomic mass is 9.70. The predicted molar refractivity (Wildman–Crippen MR) is 171 cm³/mol. The Morgan fingerprint density at radius 2 is 1.56 bits per heavy atom. The summed E-state index contributed by atoms with van der Waals surface area (Å²) in [6.45, 7) is 27.4. The first-order chi connectivity index (χ1) is 18.8. The summed E-state index contributed by atoms with van der Waals surface area (Å²) in [5, 5.41) is 14.7. The molecular weight excluding hydrogens is 522 g/mol. The summed E-state index contributed by atoms with van der Waals surface area (Å²) in [5.41, 5.74) is 7.67. The first kappa shape index (κ1) is 30.8. The summed E-state index contributed by atoms with van der Waals surface area (Å²) in [6, 6.07) is 8.99. The van der Waals surface area contributed by atoms with Crippen molar-refractivity contribution in [2.75, 3.05) is 0 Å². The molecule has 0 bridgehead atoms. The molecule has 41 heavy (non-hydrogen) atoms. The zero-order chi connectivity index (χ0) is 30.3. The van der Waals surface area contributed by atoms with Gasteiger partial charge in [0.05, 0.1) is 22.8 Å². The van der Waals surface area contributed by atoms with E-state index in [1.807, 2.05) is 0 Å². The summed E-state index contributed by atoms with van der Waals surface area (Å²) in [5.74, 6) is 0.0906. The third-order valence-electron chi connectivity index (χ3n) is 10.6. The Kier molecular flexibility index (Phi) is 7.44. The van der Waals surface area contributed by atoms with Gasteiger partial charge in [-0.15, -0.1) is 0 Å². The van der Waals surface area contributed by atoms with E-state index in [-0.39, 0.29) is 39.6 Å². The Morgan fingerprint density at radius 1 is 0.976 bits per heavy atom. The average Bonchev–Trinajstić information content (AvgIpc) is 3.42. The van der Waals surface area contributed by atoms with E-state index in [2.05, 4.69) is 107 Å². The molecule has 226 valence electrons. The van der Waals surface area contributed by atoms with E-state index in [0.717, 1.165) is 61.0 Å². The number of fused-ring (bicyclic) bond motifs is 4. The molecule has 0 saturated heterocycles. The molecule has 2 atom stereocenters. The molecule has 2 heterocycles. The van der Waals surface area contributed by atoms with E-state index in [9.17, 15) is 5.21 Å². The van der Waals surface area contributed by atoms with E-state index in [4.69, 9.17) is 9.16 Å². The highest BCUT2D eigenvalue weighted by atomic mass is 28.4. The Morgan fingerprint density at radius 3 is 2.07 bits per heavy atom. The minimum absolute atomic E-state index is 0.0147. The fourth-order valence-corrected chi connectivity index (χ4v) is 8.68. The summed E-state index contributed by atoms with van der Waals surface area (Å²) in [4.78, 5) is 0. The molecule has 0 amide bonds. The van der Waals surface area contributed by atoms with Crippen molar-refractivity contribution in [1.82, 2.24) is 0 Å². The van der Waals surface area contributed by atoms with Crippen molar-refractivity contribution in [2.24, 2.45) is 5.41 Å². The van der Waals surface area contributed by atoms with Crippen LogP contribution < -0.4 is 4.73 Å². The quantitative estimate of drug-likeness (QED) is 0.206. The molecule has 5 heteroatoms. The van der Waals surface area contributed by atoms with Crippen LogP contribution in [0.15, 0.2) is 24.3 Å². The SMILES string of the molecule is CC(C)c1c2c(c3c([n+]1[O-])CC(C)(C)CC3O[Si](C)(C)C(C)(C)C)C1(CCCC1)O[C@@H]2c1ccc(C(C)(C)C)cc1. The molecule has 0 N–H and O–H groups in total. The van der Waals surface area contributed by atoms with Crippen molar-refractivity contribution >= 4 is 8.32 Å². The molecule has 1 spiro atoms. The van der Waals surface area contributed by atoms with Crippen molar-refractivity contribution < 1.29 is 13.9 Å². The molecular formula is C36H55NO3Si. The summed E-state index contributed by atoms with van der Waals surface area (Å²) < 4.78 is 15.9. The van der Waals surface area contributed by atoms with E-state index in [0.29, 0.717) is 0 Å². The molecule has 1 unspecified atom stereocenters. The van der Waals surface area contributed by atoms with E-state index < -0.39 is 8.32 Å². The molecule has 0 radical (unpaired) electrons. The van der Waals surface area contributed by atoms with Crippen LogP contribution in [0.2, 0.25) is 18.1 Å². The van der Waals surface area contributed by atoms with Gasteiger partial charge in [0.25, 0.3) is 0 Å². The van der Waals surface area contributed by atoms with Gasteiger partial charge in [0.15, 0.2) is 14.0 Å². The van der Waals surface area contributed by atoms with Crippen LogP contribution in [-0.2, 0) is 26.6 Å². The van der Waals surface area contributed by atoms with Gasteiger partial charge in [0.1, 0.15) is 6.10 Å². The van der Waals surface area contributed by atoms with Crippen molar-refractivity contribution in [3.05, 3.63) is 68.7 Å². The zero-order valence-electron chi connectivity index (χ0n) is 28.0. The van der Waals surface area contributed by atoms with Crippen LogP contribution in [0.3, 0.4) is 0 Å². The molecule has 1 aromatic heterocycles. The lowest BCUT2D eigenvalue weighted by molar-refractivity contribution is -0.626. The molecule has 3 aliphatic rings. The monoisotopic (exact) mass is 577 g/mol. The number of hydrogen-bond donors (Lipinski definition) is 0. The van der Waals surface area contributed by atoms with Crippen LogP contribution >= 0.6 is 0 Å². The van der Waals surface area contributed by atoms with Crippen molar-refractivity contribution in [1.29, 1.82) is 0 Å². The van der Waals surface area contributed by atoms with Gasteiger partial charge in [0, 0.05) is 17.9 Å². The van der Waals surface area contributed by atoms with E-state index in [1.165, 1.54) is 21.4 Å². The first-order valence-electron chi connectivity index (χ1n) is 16.1. The van der Waals surface area contributed by atoms with E-state index >= 15 is 0 Å². The normalized spacial score (nSPS) is 23.7. The fourth-order valence-electron chi connectivity index (χ4n) is 7.41. The van der Waals surface area contributed by atoms with Crippen LogP contribution in [0.25, 0.3) is 0 Å². The molecule has 2 aromatic rings. The van der Waals surface area contributed by atoms with Gasteiger partial charge in [-0.2, -0.15) is 4.73 Å². The minimum atomic E-state index is -2.12. The van der Waals surface area contributed by atoms with Gasteiger partial charge in [-0.05, 0) is 59.4 Å². The second-order valence-corrected chi connectivity index (χ2v) is 21.7.